The topological polar surface area (TPSA) is 75.6 Å². The quantitative estimate of drug-likeness (QED) is 0.513. The van der Waals surface area contributed by atoms with Crippen molar-refractivity contribution in [2.75, 3.05) is 6.61 Å². The molecule has 2 N–H and O–H groups in total. The van der Waals surface area contributed by atoms with Gasteiger partial charge in [0.15, 0.2) is 0 Å². The molecule has 0 aliphatic heterocycles. The smallest absolute Gasteiger partial charge is 0.241 e. The molecule has 0 aliphatic rings. The van der Waals surface area contributed by atoms with Crippen molar-refractivity contribution in [1.82, 2.24) is 4.72 Å². The fourth-order valence-corrected chi connectivity index (χ4v) is 4.02. The summed E-state index contributed by atoms with van der Waals surface area (Å²) < 4.78 is 33.6. The first-order valence-corrected chi connectivity index (χ1v) is 11.5. The van der Waals surface area contributed by atoms with Crippen LogP contribution in [0.1, 0.15) is 37.3 Å². The standard InChI is InChI=1S/C23H31NO4S/c1-3-4-10-21(24-29(26,27)23-15-11-19(2)12-16-23)13-14-22(25)18-28-17-20-8-6-5-7-9-20/h5-9,11-16,21-22,24-25H,3-4,10,17-18H2,1-2H3/b14-13+/t21-,22-/m1/s1. The van der Waals surface area contributed by atoms with Gasteiger partial charge in [0.05, 0.1) is 24.2 Å². The highest BCUT2D eigenvalue weighted by Gasteiger charge is 2.18. The first kappa shape index (κ1) is 23.3. The number of aliphatic hydroxyl groups excluding tert-OH is 1. The van der Waals surface area contributed by atoms with Gasteiger partial charge < -0.3 is 9.84 Å². The summed E-state index contributed by atoms with van der Waals surface area (Å²) >= 11 is 0. The number of benzene rings is 2. The van der Waals surface area contributed by atoms with Crippen LogP contribution in [0.5, 0.6) is 0 Å². The van der Waals surface area contributed by atoms with Gasteiger partial charge in [-0.15, -0.1) is 0 Å². The summed E-state index contributed by atoms with van der Waals surface area (Å²) in [6.07, 6.45) is 5.02. The number of unbranched alkanes of at least 4 members (excludes halogenated alkanes) is 1. The lowest BCUT2D eigenvalue weighted by molar-refractivity contribution is 0.0502. The lowest BCUT2D eigenvalue weighted by Crippen LogP contribution is -2.33. The van der Waals surface area contributed by atoms with E-state index in [1.807, 2.05) is 37.3 Å². The Kier molecular flexibility index (Phi) is 9.54. The van der Waals surface area contributed by atoms with Crippen LogP contribution in [-0.2, 0) is 21.4 Å². The molecule has 5 nitrogen and oxygen atoms in total. The largest absolute Gasteiger partial charge is 0.387 e. The highest BCUT2D eigenvalue weighted by atomic mass is 32.2. The van der Waals surface area contributed by atoms with Crippen molar-refractivity contribution in [2.24, 2.45) is 0 Å². The second-order valence-electron chi connectivity index (χ2n) is 7.14. The molecule has 2 atom stereocenters. The third kappa shape index (κ3) is 8.50. The number of ether oxygens (including phenoxy) is 1. The predicted molar refractivity (Wildman–Crippen MR) is 116 cm³/mol. The van der Waals surface area contributed by atoms with Crippen LogP contribution in [0.4, 0.5) is 0 Å². The number of aliphatic hydroxyl groups is 1. The number of nitrogens with one attached hydrogen (secondary N) is 1. The summed E-state index contributed by atoms with van der Waals surface area (Å²) in [4.78, 5) is 0.241. The average molecular weight is 418 g/mol. The summed E-state index contributed by atoms with van der Waals surface area (Å²) in [6.45, 7) is 4.54. The third-order valence-corrected chi connectivity index (χ3v) is 5.98. The molecule has 0 amide bonds. The molecule has 0 fully saturated rings. The van der Waals surface area contributed by atoms with Crippen LogP contribution in [-0.4, -0.2) is 32.3 Å². The van der Waals surface area contributed by atoms with Gasteiger partial charge in [0, 0.05) is 6.04 Å². The summed E-state index contributed by atoms with van der Waals surface area (Å²) in [7, 11) is -3.62. The van der Waals surface area contributed by atoms with Crippen LogP contribution < -0.4 is 4.72 Å². The number of hydrogen-bond acceptors (Lipinski definition) is 4. The van der Waals surface area contributed by atoms with Gasteiger partial charge in [-0.05, 0) is 31.0 Å². The monoisotopic (exact) mass is 417 g/mol. The molecule has 2 aromatic rings. The SMILES string of the molecule is CCCC[C@H](/C=C/[C@@H](O)COCc1ccccc1)NS(=O)(=O)c1ccc(C)cc1. The molecule has 0 unspecified atom stereocenters. The molecule has 0 heterocycles. The highest BCUT2D eigenvalue weighted by Crippen LogP contribution is 2.13. The average Bonchev–Trinajstić information content (AvgIpc) is 2.71. The lowest BCUT2D eigenvalue weighted by atomic mass is 10.1. The summed E-state index contributed by atoms with van der Waals surface area (Å²) in [5.74, 6) is 0. The Labute approximate surface area is 174 Å². The maximum absolute atomic E-state index is 12.7. The molecule has 2 rings (SSSR count). The van der Waals surface area contributed by atoms with E-state index in [4.69, 9.17) is 4.74 Å². The van der Waals surface area contributed by atoms with E-state index < -0.39 is 16.1 Å². The Balaban J connectivity index is 1.93. The van der Waals surface area contributed by atoms with Crippen molar-refractivity contribution < 1.29 is 18.3 Å². The van der Waals surface area contributed by atoms with Crippen LogP contribution >= 0.6 is 0 Å². The normalized spacial score (nSPS) is 14.2. The van der Waals surface area contributed by atoms with Crippen LogP contribution in [0.3, 0.4) is 0 Å². The molecule has 0 saturated heterocycles. The molecular weight excluding hydrogens is 386 g/mol. The molecule has 2 aromatic carbocycles. The van der Waals surface area contributed by atoms with E-state index in [0.717, 1.165) is 24.0 Å². The van der Waals surface area contributed by atoms with E-state index in [1.165, 1.54) is 0 Å². The molecule has 0 bridgehead atoms. The minimum Gasteiger partial charge on any atom is -0.387 e. The molecule has 6 heteroatoms. The maximum Gasteiger partial charge on any atom is 0.241 e. The molecule has 158 valence electrons. The van der Waals surface area contributed by atoms with E-state index >= 15 is 0 Å². The van der Waals surface area contributed by atoms with E-state index in [0.29, 0.717) is 13.0 Å². The van der Waals surface area contributed by atoms with Crippen LogP contribution in [0, 0.1) is 6.92 Å². The first-order chi connectivity index (χ1) is 13.9. The van der Waals surface area contributed by atoms with Crippen molar-refractivity contribution in [1.29, 1.82) is 0 Å². The zero-order valence-electron chi connectivity index (χ0n) is 17.1. The van der Waals surface area contributed by atoms with Gasteiger partial charge in [0.25, 0.3) is 0 Å². The molecule has 0 aromatic heterocycles. The lowest BCUT2D eigenvalue weighted by Gasteiger charge is -2.16. The molecule has 29 heavy (non-hydrogen) atoms. The minimum atomic E-state index is -3.62. The van der Waals surface area contributed by atoms with Crippen molar-refractivity contribution in [3.63, 3.8) is 0 Å². The van der Waals surface area contributed by atoms with Crippen molar-refractivity contribution in [3.05, 3.63) is 77.9 Å². The van der Waals surface area contributed by atoms with Gasteiger partial charge in [-0.3, -0.25) is 0 Å². The Morgan fingerprint density at radius 1 is 1.07 bits per heavy atom. The van der Waals surface area contributed by atoms with E-state index in [1.54, 1.807) is 36.4 Å². The fourth-order valence-electron chi connectivity index (χ4n) is 2.79. The van der Waals surface area contributed by atoms with Crippen LogP contribution in [0.2, 0.25) is 0 Å². The van der Waals surface area contributed by atoms with Crippen molar-refractivity contribution >= 4 is 10.0 Å². The number of rotatable bonds is 12. The van der Waals surface area contributed by atoms with Gasteiger partial charge in [-0.25, -0.2) is 13.1 Å². The summed E-state index contributed by atoms with van der Waals surface area (Å²) in [6, 6.07) is 16.1. The summed E-state index contributed by atoms with van der Waals surface area (Å²) in [5.41, 5.74) is 2.04. The molecule has 0 aliphatic carbocycles. The number of aryl methyl sites for hydroxylation is 1. The van der Waals surface area contributed by atoms with Crippen LogP contribution in [0.25, 0.3) is 0 Å². The first-order valence-electron chi connectivity index (χ1n) is 9.98. The minimum absolute atomic E-state index is 0.149. The van der Waals surface area contributed by atoms with E-state index in [-0.39, 0.29) is 17.5 Å². The Morgan fingerprint density at radius 2 is 1.76 bits per heavy atom. The van der Waals surface area contributed by atoms with Crippen molar-refractivity contribution in [2.45, 2.75) is 56.8 Å². The third-order valence-electron chi connectivity index (χ3n) is 4.47. The van der Waals surface area contributed by atoms with Crippen molar-refractivity contribution in [3.8, 4) is 0 Å². The molecule has 0 radical (unpaired) electrons. The van der Waals surface area contributed by atoms with E-state index in [9.17, 15) is 13.5 Å². The fraction of sp³-hybridized carbons (Fsp3) is 0.391. The summed E-state index contributed by atoms with van der Waals surface area (Å²) in [5, 5.41) is 10.2. The van der Waals surface area contributed by atoms with Gasteiger partial charge in [0.2, 0.25) is 10.0 Å². The van der Waals surface area contributed by atoms with Crippen LogP contribution in [0.15, 0.2) is 71.6 Å². The van der Waals surface area contributed by atoms with E-state index in [2.05, 4.69) is 11.6 Å². The van der Waals surface area contributed by atoms with Gasteiger partial charge in [0.1, 0.15) is 0 Å². The zero-order chi connectivity index (χ0) is 21.1. The molecule has 0 saturated carbocycles. The second kappa shape index (κ2) is 11.9. The van der Waals surface area contributed by atoms with Gasteiger partial charge in [-0.2, -0.15) is 0 Å². The Bertz CT molecular complexity index is 848. The molecule has 0 spiro atoms. The molecular formula is C23H31NO4S. The second-order valence-corrected chi connectivity index (χ2v) is 8.85. The van der Waals surface area contributed by atoms with Gasteiger partial charge in [-0.1, -0.05) is 79.9 Å². The van der Waals surface area contributed by atoms with Gasteiger partial charge >= 0.3 is 0 Å². The Hall–Kier alpha value is -1.99. The maximum atomic E-state index is 12.7. The number of hydrogen-bond donors (Lipinski definition) is 2. The highest BCUT2D eigenvalue weighted by molar-refractivity contribution is 7.89. The zero-order valence-corrected chi connectivity index (χ0v) is 17.9. The number of sulfonamides is 1. The predicted octanol–water partition coefficient (Wildman–Crippen LogP) is 3.97. The Morgan fingerprint density at radius 3 is 2.41 bits per heavy atom.